The third-order valence-electron chi connectivity index (χ3n) is 2.85. The van der Waals surface area contributed by atoms with Gasteiger partial charge in [-0.1, -0.05) is 6.92 Å². The highest BCUT2D eigenvalue weighted by Crippen LogP contribution is 2.18. The molecule has 0 aliphatic carbocycles. The van der Waals surface area contributed by atoms with Crippen LogP contribution in [0.15, 0.2) is 10.5 Å². The highest BCUT2D eigenvalue weighted by Gasteiger charge is 2.29. The first kappa shape index (κ1) is 14.4. The molecule has 0 saturated heterocycles. The molecular weight excluding hydrogens is 261 g/mol. The number of aryl methyl sites for hydroxylation is 2. The van der Waals surface area contributed by atoms with Gasteiger partial charge in [-0.05, 0) is 26.3 Å². The third kappa shape index (κ3) is 3.17. The van der Waals surface area contributed by atoms with Gasteiger partial charge in [0.05, 0.1) is 11.1 Å². The van der Waals surface area contributed by atoms with Crippen LogP contribution in [0.5, 0.6) is 0 Å². The Balaban J connectivity index is 2.88. The minimum Gasteiger partial charge on any atom is -0.466 e. The minimum absolute atomic E-state index is 0.192. The van der Waals surface area contributed by atoms with Gasteiger partial charge >= 0.3 is 0 Å². The van der Waals surface area contributed by atoms with E-state index in [0.29, 0.717) is 23.5 Å². The molecule has 0 atom stereocenters. The van der Waals surface area contributed by atoms with E-state index in [4.69, 9.17) is 27.6 Å². The lowest BCUT2D eigenvalue weighted by atomic mass is 10.0. The SMILES string of the molecule is CCC(CCl)(CCl)NC(=O)c1cc(C)oc1C. The number of hydrogen-bond acceptors (Lipinski definition) is 2. The predicted octanol–water partition coefficient (Wildman–Crippen LogP) is 3.25. The largest absolute Gasteiger partial charge is 0.466 e. The molecule has 0 spiro atoms. The topological polar surface area (TPSA) is 42.2 Å². The van der Waals surface area contributed by atoms with Crippen molar-refractivity contribution < 1.29 is 9.21 Å². The lowest BCUT2D eigenvalue weighted by molar-refractivity contribution is 0.0912. The van der Waals surface area contributed by atoms with Crippen molar-refractivity contribution in [3.8, 4) is 0 Å². The van der Waals surface area contributed by atoms with Crippen LogP contribution in [0.2, 0.25) is 0 Å². The van der Waals surface area contributed by atoms with E-state index in [9.17, 15) is 4.79 Å². The summed E-state index contributed by atoms with van der Waals surface area (Å²) in [6, 6.07) is 1.72. The van der Waals surface area contributed by atoms with E-state index in [0.717, 1.165) is 0 Å². The first-order valence-electron chi connectivity index (χ1n) is 5.49. The second-order valence-corrected chi connectivity index (χ2v) is 4.72. The van der Waals surface area contributed by atoms with Crippen LogP contribution in [-0.2, 0) is 0 Å². The average Bonchev–Trinajstić information content (AvgIpc) is 2.65. The van der Waals surface area contributed by atoms with Gasteiger partial charge in [0.2, 0.25) is 0 Å². The highest BCUT2D eigenvalue weighted by molar-refractivity contribution is 6.22. The maximum Gasteiger partial charge on any atom is 0.255 e. The molecule has 1 amide bonds. The van der Waals surface area contributed by atoms with Crippen molar-refractivity contribution in [1.82, 2.24) is 5.32 Å². The first-order valence-corrected chi connectivity index (χ1v) is 6.56. The Bertz CT molecular complexity index is 389. The van der Waals surface area contributed by atoms with Gasteiger partial charge < -0.3 is 9.73 Å². The summed E-state index contributed by atoms with van der Waals surface area (Å²) in [5.74, 6) is 1.70. The van der Waals surface area contributed by atoms with E-state index in [2.05, 4.69) is 5.32 Å². The summed E-state index contributed by atoms with van der Waals surface area (Å²) < 4.78 is 5.32. The Labute approximate surface area is 111 Å². The fraction of sp³-hybridized carbons (Fsp3) is 0.583. The van der Waals surface area contributed by atoms with Crippen molar-refractivity contribution in [3.05, 3.63) is 23.2 Å². The van der Waals surface area contributed by atoms with E-state index >= 15 is 0 Å². The van der Waals surface area contributed by atoms with Gasteiger partial charge in [-0.25, -0.2) is 0 Å². The first-order chi connectivity index (χ1) is 7.98. The number of carbonyl (C=O) groups excluding carboxylic acids is 1. The maximum absolute atomic E-state index is 12.1. The molecule has 0 aliphatic rings. The van der Waals surface area contributed by atoms with Gasteiger partial charge in [-0.2, -0.15) is 0 Å². The van der Waals surface area contributed by atoms with Crippen LogP contribution in [0.25, 0.3) is 0 Å². The van der Waals surface area contributed by atoms with Gasteiger partial charge in [0.15, 0.2) is 0 Å². The summed E-state index contributed by atoms with van der Waals surface area (Å²) in [6.45, 7) is 5.51. The molecule has 0 bridgehead atoms. The van der Waals surface area contributed by atoms with E-state index in [1.54, 1.807) is 19.9 Å². The highest BCUT2D eigenvalue weighted by atomic mass is 35.5. The van der Waals surface area contributed by atoms with Crippen molar-refractivity contribution in [3.63, 3.8) is 0 Å². The number of nitrogens with one attached hydrogen (secondary N) is 1. The maximum atomic E-state index is 12.1. The standard InChI is InChI=1S/C12H17Cl2NO2/c1-4-12(6-13,7-14)15-11(16)10-5-8(2)17-9(10)3/h5H,4,6-7H2,1-3H3,(H,15,16). The van der Waals surface area contributed by atoms with Crippen LogP contribution in [0.3, 0.4) is 0 Å². The normalized spacial score (nSPS) is 11.6. The van der Waals surface area contributed by atoms with Crippen molar-refractivity contribution in [2.75, 3.05) is 11.8 Å². The molecule has 3 nitrogen and oxygen atoms in total. The number of hydrogen-bond donors (Lipinski definition) is 1. The summed E-state index contributed by atoms with van der Waals surface area (Å²) in [5.41, 5.74) is -0.0202. The van der Waals surface area contributed by atoms with Crippen molar-refractivity contribution in [1.29, 1.82) is 0 Å². The number of furan rings is 1. The van der Waals surface area contributed by atoms with Gasteiger partial charge in [-0.3, -0.25) is 4.79 Å². The molecule has 1 N–H and O–H groups in total. The fourth-order valence-electron chi connectivity index (χ4n) is 1.54. The molecule has 96 valence electrons. The number of amides is 1. The van der Waals surface area contributed by atoms with Crippen molar-refractivity contribution >= 4 is 29.1 Å². The molecule has 5 heteroatoms. The molecule has 1 aromatic rings. The zero-order chi connectivity index (χ0) is 13.1. The van der Waals surface area contributed by atoms with Crippen LogP contribution < -0.4 is 5.32 Å². The monoisotopic (exact) mass is 277 g/mol. The van der Waals surface area contributed by atoms with Gasteiger partial charge in [0.1, 0.15) is 11.5 Å². The molecule has 1 heterocycles. The van der Waals surface area contributed by atoms with Crippen LogP contribution in [0.1, 0.15) is 35.2 Å². The molecule has 0 fully saturated rings. The number of carbonyl (C=O) groups is 1. The molecule has 0 aromatic carbocycles. The molecule has 0 saturated carbocycles. The van der Waals surface area contributed by atoms with Gasteiger partial charge in [0.25, 0.3) is 5.91 Å². The summed E-state index contributed by atoms with van der Waals surface area (Å²) in [6.07, 6.45) is 0.682. The summed E-state index contributed by atoms with van der Waals surface area (Å²) in [4.78, 5) is 12.1. The Hall–Kier alpha value is -0.670. The Morgan fingerprint density at radius 2 is 2.00 bits per heavy atom. The predicted molar refractivity (Wildman–Crippen MR) is 70.1 cm³/mol. The number of alkyl halides is 2. The van der Waals surface area contributed by atoms with Gasteiger partial charge in [-0.15, -0.1) is 23.2 Å². The second kappa shape index (κ2) is 5.78. The minimum atomic E-state index is -0.558. The van der Waals surface area contributed by atoms with E-state index < -0.39 is 5.54 Å². The molecule has 17 heavy (non-hydrogen) atoms. The summed E-state index contributed by atoms with van der Waals surface area (Å²) in [5, 5.41) is 2.89. The van der Waals surface area contributed by atoms with Crippen LogP contribution >= 0.6 is 23.2 Å². The number of rotatable bonds is 5. The van der Waals surface area contributed by atoms with Crippen LogP contribution in [-0.4, -0.2) is 23.2 Å². The smallest absolute Gasteiger partial charge is 0.255 e. The molecule has 1 rings (SSSR count). The summed E-state index contributed by atoms with van der Waals surface area (Å²) in [7, 11) is 0. The van der Waals surface area contributed by atoms with Crippen LogP contribution in [0, 0.1) is 13.8 Å². The van der Waals surface area contributed by atoms with Crippen molar-refractivity contribution in [2.24, 2.45) is 0 Å². The zero-order valence-electron chi connectivity index (χ0n) is 10.3. The molecule has 0 aliphatic heterocycles. The summed E-state index contributed by atoms with van der Waals surface area (Å²) >= 11 is 11.8. The zero-order valence-corrected chi connectivity index (χ0v) is 11.8. The third-order valence-corrected chi connectivity index (χ3v) is 3.88. The molecule has 0 unspecified atom stereocenters. The molecule has 1 aromatic heterocycles. The van der Waals surface area contributed by atoms with E-state index in [-0.39, 0.29) is 17.7 Å². The van der Waals surface area contributed by atoms with Crippen LogP contribution in [0.4, 0.5) is 0 Å². The fourth-order valence-corrected chi connectivity index (χ4v) is 2.34. The quantitative estimate of drug-likeness (QED) is 0.840. The Morgan fingerprint density at radius 1 is 1.41 bits per heavy atom. The van der Waals surface area contributed by atoms with Crippen molar-refractivity contribution in [2.45, 2.75) is 32.7 Å². The average molecular weight is 278 g/mol. The van der Waals surface area contributed by atoms with E-state index in [1.165, 1.54) is 0 Å². The van der Waals surface area contributed by atoms with E-state index in [1.807, 2.05) is 6.92 Å². The number of halogens is 2. The Kier molecular flexibility index (Phi) is 4.90. The second-order valence-electron chi connectivity index (χ2n) is 4.18. The Morgan fingerprint density at radius 3 is 2.35 bits per heavy atom. The molecule has 0 radical (unpaired) electrons. The van der Waals surface area contributed by atoms with Gasteiger partial charge in [0, 0.05) is 11.8 Å². The molecular formula is C12H17Cl2NO2. The lowest BCUT2D eigenvalue weighted by Crippen LogP contribution is -2.51. The lowest BCUT2D eigenvalue weighted by Gasteiger charge is -2.29.